The van der Waals surface area contributed by atoms with E-state index in [-0.39, 0.29) is 18.7 Å². The number of rotatable bonds is 11. The minimum atomic E-state index is -4.25. The maximum atomic E-state index is 15.4. The molecule has 0 saturated heterocycles. The van der Waals surface area contributed by atoms with E-state index in [0.29, 0.717) is 51.2 Å². The number of carbonyl (C=O) groups is 1. The zero-order valence-electron chi connectivity index (χ0n) is 25.0. The van der Waals surface area contributed by atoms with Gasteiger partial charge in [-0.3, -0.25) is 0 Å². The third kappa shape index (κ3) is 6.57. The Labute approximate surface area is 268 Å². The van der Waals surface area contributed by atoms with Crippen LogP contribution in [0.3, 0.4) is 0 Å². The largest absolute Gasteiger partial charge is 0.497 e. The molecule has 5 aromatic rings. The van der Waals surface area contributed by atoms with Crippen molar-refractivity contribution in [3.05, 3.63) is 100 Å². The first-order valence-electron chi connectivity index (χ1n) is 14.5. The molecule has 0 spiro atoms. The van der Waals surface area contributed by atoms with Crippen LogP contribution in [-0.2, 0) is 27.6 Å². The molecule has 1 fully saturated rings. The van der Waals surface area contributed by atoms with E-state index in [1.54, 1.807) is 53.4 Å². The Balaban J connectivity index is 1.55. The molecule has 46 heavy (non-hydrogen) atoms. The Bertz CT molecular complexity index is 2050. The molecule has 3 aromatic carbocycles. The van der Waals surface area contributed by atoms with Crippen LogP contribution in [0.15, 0.2) is 70.9 Å². The molecule has 0 amide bonds. The maximum Gasteiger partial charge on any atom is 0.357 e. The van der Waals surface area contributed by atoms with Gasteiger partial charge in [0, 0.05) is 28.5 Å². The molecular weight excluding hydrogens is 635 g/mol. The Hall–Kier alpha value is -4.46. The van der Waals surface area contributed by atoms with Gasteiger partial charge in [-0.25, -0.2) is 36.8 Å². The second-order valence-corrected chi connectivity index (χ2v) is 13.3. The van der Waals surface area contributed by atoms with Crippen LogP contribution < -0.4 is 9.88 Å². The van der Waals surface area contributed by atoms with E-state index < -0.39 is 32.5 Å². The van der Waals surface area contributed by atoms with Crippen molar-refractivity contribution in [2.45, 2.75) is 37.5 Å². The summed E-state index contributed by atoms with van der Waals surface area (Å²) < 4.78 is 66.2. The highest BCUT2D eigenvalue weighted by molar-refractivity contribution is 7.89. The van der Waals surface area contributed by atoms with Crippen LogP contribution in [0.1, 0.15) is 47.1 Å². The van der Waals surface area contributed by atoms with Crippen molar-refractivity contribution in [2.75, 3.05) is 13.7 Å². The summed E-state index contributed by atoms with van der Waals surface area (Å²) in [6.07, 6.45) is 2.91. The van der Waals surface area contributed by atoms with Crippen molar-refractivity contribution in [2.24, 2.45) is 11.1 Å². The van der Waals surface area contributed by atoms with E-state index in [2.05, 4.69) is 4.98 Å². The third-order valence-electron chi connectivity index (χ3n) is 7.71. The zero-order valence-corrected chi connectivity index (χ0v) is 26.6. The SMILES string of the molecule is CCOC(=O)c1csc(-n2nc(CC3CC3)c(Cc3ccc(S(N)(=O)=O)c(F)c3)c2-c2ccc(F)c(-c3cccc(OC)c3)c2)n1. The summed E-state index contributed by atoms with van der Waals surface area (Å²) in [4.78, 5) is 16.4. The lowest BCUT2D eigenvalue weighted by Crippen LogP contribution is -2.14. The van der Waals surface area contributed by atoms with Crippen molar-refractivity contribution in [3.63, 3.8) is 0 Å². The molecule has 238 valence electrons. The molecule has 2 aromatic heterocycles. The molecule has 0 bridgehead atoms. The molecule has 9 nitrogen and oxygen atoms in total. The van der Waals surface area contributed by atoms with Crippen LogP contribution in [0.2, 0.25) is 0 Å². The Morgan fingerprint density at radius 2 is 1.87 bits per heavy atom. The van der Waals surface area contributed by atoms with E-state index in [9.17, 15) is 17.6 Å². The highest BCUT2D eigenvalue weighted by atomic mass is 32.2. The fourth-order valence-corrected chi connectivity index (χ4v) is 6.65. The van der Waals surface area contributed by atoms with Crippen LogP contribution in [0.4, 0.5) is 8.78 Å². The van der Waals surface area contributed by atoms with Crippen molar-refractivity contribution >= 4 is 27.3 Å². The second kappa shape index (κ2) is 12.7. The van der Waals surface area contributed by atoms with Gasteiger partial charge < -0.3 is 9.47 Å². The molecule has 1 aliphatic rings. The number of aromatic nitrogens is 3. The number of benzene rings is 3. The van der Waals surface area contributed by atoms with Crippen LogP contribution in [0.5, 0.6) is 5.75 Å². The summed E-state index contributed by atoms with van der Waals surface area (Å²) in [5, 5.41) is 12.1. The highest BCUT2D eigenvalue weighted by Crippen LogP contribution is 2.39. The lowest BCUT2D eigenvalue weighted by molar-refractivity contribution is 0.0520. The first-order chi connectivity index (χ1) is 22.0. The van der Waals surface area contributed by atoms with Gasteiger partial charge in [0.25, 0.3) is 0 Å². The zero-order chi connectivity index (χ0) is 32.6. The fraction of sp³-hybridized carbons (Fsp3) is 0.242. The molecule has 0 unspecified atom stereocenters. The summed E-state index contributed by atoms with van der Waals surface area (Å²) in [7, 11) is -2.72. The molecule has 0 aliphatic heterocycles. The van der Waals surface area contributed by atoms with Gasteiger partial charge in [-0.1, -0.05) is 18.2 Å². The van der Waals surface area contributed by atoms with Crippen molar-refractivity contribution in [1.29, 1.82) is 0 Å². The van der Waals surface area contributed by atoms with Crippen LogP contribution in [0.25, 0.3) is 27.5 Å². The molecule has 0 atom stereocenters. The maximum absolute atomic E-state index is 15.4. The lowest BCUT2D eigenvalue weighted by atomic mass is 9.94. The van der Waals surface area contributed by atoms with Gasteiger partial charge in [-0.05, 0) is 85.7 Å². The summed E-state index contributed by atoms with van der Waals surface area (Å²) in [6.45, 7) is 1.90. The second-order valence-electron chi connectivity index (χ2n) is 11.0. The first kappa shape index (κ1) is 31.5. The van der Waals surface area contributed by atoms with Gasteiger partial charge >= 0.3 is 5.97 Å². The molecule has 1 saturated carbocycles. The number of hydrogen-bond donors (Lipinski definition) is 1. The molecule has 6 rings (SSSR count). The Kier molecular flexibility index (Phi) is 8.73. The highest BCUT2D eigenvalue weighted by Gasteiger charge is 2.29. The Morgan fingerprint density at radius 1 is 1.07 bits per heavy atom. The molecule has 0 radical (unpaired) electrons. The first-order valence-corrected chi connectivity index (χ1v) is 17.0. The monoisotopic (exact) mass is 664 g/mol. The molecule has 2 heterocycles. The average molecular weight is 665 g/mol. The number of hydrogen-bond acceptors (Lipinski definition) is 8. The van der Waals surface area contributed by atoms with Gasteiger partial charge in [-0.2, -0.15) is 5.10 Å². The molecule has 1 aliphatic carbocycles. The normalized spacial score (nSPS) is 13.2. The van der Waals surface area contributed by atoms with E-state index in [1.165, 1.54) is 30.6 Å². The quantitative estimate of drug-likeness (QED) is 0.164. The number of nitrogens with two attached hydrogens (primary N) is 1. The van der Waals surface area contributed by atoms with Crippen molar-refractivity contribution < 1.29 is 31.5 Å². The lowest BCUT2D eigenvalue weighted by Gasteiger charge is -2.13. The summed E-state index contributed by atoms with van der Waals surface area (Å²) in [5.74, 6) is -0.979. The summed E-state index contributed by atoms with van der Waals surface area (Å²) in [6, 6.07) is 15.6. The number of primary sulfonamides is 1. The van der Waals surface area contributed by atoms with E-state index in [4.69, 9.17) is 19.7 Å². The van der Waals surface area contributed by atoms with Gasteiger partial charge in [0.05, 0.1) is 25.1 Å². The third-order valence-corrected chi connectivity index (χ3v) is 9.47. The minimum absolute atomic E-state index is 0.130. The summed E-state index contributed by atoms with van der Waals surface area (Å²) >= 11 is 1.20. The molecule has 2 N–H and O–H groups in total. The van der Waals surface area contributed by atoms with Gasteiger partial charge in [0.15, 0.2) is 5.69 Å². The van der Waals surface area contributed by atoms with E-state index >= 15 is 4.39 Å². The molecular formula is C33H30F2N4O5S2. The number of halogens is 2. The minimum Gasteiger partial charge on any atom is -0.497 e. The number of sulfonamides is 1. The smallest absolute Gasteiger partial charge is 0.357 e. The summed E-state index contributed by atoms with van der Waals surface area (Å²) in [5.41, 5.74) is 4.23. The van der Waals surface area contributed by atoms with Gasteiger partial charge in [0.1, 0.15) is 22.3 Å². The van der Waals surface area contributed by atoms with E-state index in [0.717, 1.165) is 36.2 Å². The Morgan fingerprint density at radius 3 is 2.57 bits per heavy atom. The number of esters is 1. The van der Waals surface area contributed by atoms with Crippen LogP contribution in [-0.4, -0.2) is 42.9 Å². The number of ether oxygens (including phenoxy) is 2. The molecule has 13 heteroatoms. The van der Waals surface area contributed by atoms with Gasteiger partial charge in [0.2, 0.25) is 15.2 Å². The number of thiazole rings is 1. The van der Waals surface area contributed by atoms with E-state index in [1.807, 2.05) is 0 Å². The number of nitrogens with zero attached hydrogens (tertiary/aromatic N) is 3. The van der Waals surface area contributed by atoms with Crippen molar-refractivity contribution in [1.82, 2.24) is 14.8 Å². The topological polar surface area (TPSA) is 126 Å². The fourth-order valence-electron chi connectivity index (χ4n) is 5.31. The van der Waals surface area contributed by atoms with Gasteiger partial charge in [-0.15, -0.1) is 11.3 Å². The van der Waals surface area contributed by atoms with Crippen LogP contribution >= 0.6 is 11.3 Å². The predicted octanol–water partition coefficient (Wildman–Crippen LogP) is 6.32. The number of carbonyl (C=O) groups excluding carboxylic acids is 1. The van der Waals surface area contributed by atoms with Crippen molar-refractivity contribution in [3.8, 4) is 33.3 Å². The number of methoxy groups -OCH3 is 1. The predicted molar refractivity (Wildman–Crippen MR) is 170 cm³/mol. The standard InChI is InChI=1S/C33H30F2N4O5S2/c1-3-44-32(40)29-18-45-33(37-29)39-31(22-10-11-26(34)24(17-22)21-5-4-6-23(16-21)43-2)25(28(38-39)15-19-7-8-19)13-20-9-12-30(27(35)14-20)46(36,41)42/h4-6,9-12,14,16-19H,3,7-8,13,15H2,1-2H3,(H2,36,41,42). The van der Waals surface area contributed by atoms with Crippen LogP contribution in [0, 0.1) is 17.6 Å². The average Bonchev–Trinajstić information content (AvgIpc) is 3.58.